The zero-order valence-electron chi connectivity index (χ0n) is 12.3. The third-order valence-corrected chi connectivity index (χ3v) is 4.10. The molecule has 1 fully saturated rings. The van der Waals surface area contributed by atoms with Gasteiger partial charge in [-0.2, -0.15) is 0 Å². The number of rotatable bonds is 7. The molecule has 1 unspecified atom stereocenters. The fraction of sp³-hybridized carbons (Fsp3) is 0.625. The van der Waals surface area contributed by atoms with Crippen LogP contribution in [0.5, 0.6) is 0 Å². The maximum atomic E-state index is 13.9. The van der Waals surface area contributed by atoms with Crippen molar-refractivity contribution in [2.24, 2.45) is 5.92 Å². The Morgan fingerprint density at radius 3 is 2.70 bits per heavy atom. The zero-order chi connectivity index (χ0) is 14.5. The van der Waals surface area contributed by atoms with E-state index in [1.165, 1.54) is 25.3 Å². The molecule has 112 valence electrons. The Labute approximate surface area is 120 Å². The van der Waals surface area contributed by atoms with Gasteiger partial charge in [-0.1, -0.05) is 25.5 Å². The van der Waals surface area contributed by atoms with Gasteiger partial charge in [0.1, 0.15) is 0 Å². The Morgan fingerprint density at radius 1 is 1.35 bits per heavy atom. The van der Waals surface area contributed by atoms with Crippen LogP contribution in [-0.4, -0.2) is 31.6 Å². The van der Waals surface area contributed by atoms with E-state index in [0.29, 0.717) is 12.1 Å². The van der Waals surface area contributed by atoms with E-state index in [2.05, 4.69) is 17.3 Å². The molecule has 0 radical (unpaired) electrons. The molecule has 1 atom stereocenters. The standard InChI is InChI=1S/C16H24F2N2/c1-3-19-15(11-20(2)10-12-6-4-7-12)13-8-5-9-14(17)16(13)18/h5,8-9,12,15,19H,3-4,6-7,10-11H2,1-2H3. The lowest BCUT2D eigenvalue weighted by Crippen LogP contribution is -2.37. The first-order chi connectivity index (χ1) is 9.61. The van der Waals surface area contributed by atoms with Crippen molar-refractivity contribution in [3.63, 3.8) is 0 Å². The first-order valence-electron chi connectivity index (χ1n) is 7.47. The largest absolute Gasteiger partial charge is 0.309 e. The van der Waals surface area contributed by atoms with Gasteiger partial charge in [0, 0.05) is 24.7 Å². The summed E-state index contributed by atoms with van der Waals surface area (Å²) in [6.45, 7) is 4.46. The molecular weight excluding hydrogens is 258 g/mol. The summed E-state index contributed by atoms with van der Waals surface area (Å²) >= 11 is 0. The van der Waals surface area contributed by atoms with E-state index in [1.54, 1.807) is 12.1 Å². The molecule has 0 spiro atoms. The van der Waals surface area contributed by atoms with Crippen molar-refractivity contribution in [2.75, 3.05) is 26.7 Å². The highest BCUT2D eigenvalue weighted by Crippen LogP contribution is 2.27. The van der Waals surface area contributed by atoms with Crippen LogP contribution in [0, 0.1) is 17.6 Å². The van der Waals surface area contributed by atoms with Gasteiger partial charge in [0.2, 0.25) is 0 Å². The molecule has 0 heterocycles. The summed E-state index contributed by atoms with van der Waals surface area (Å²) in [5, 5.41) is 3.26. The van der Waals surface area contributed by atoms with Gasteiger partial charge in [0.15, 0.2) is 11.6 Å². The quantitative estimate of drug-likeness (QED) is 0.825. The lowest BCUT2D eigenvalue weighted by Gasteiger charge is -2.32. The number of benzene rings is 1. The molecular formula is C16H24F2N2. The highest BCUT2D eigenvalue weighted by atomic mass is 19.2. The molecule has 1 aliphatic carbocycles. The molecule has 2 rings (SSSR count). The predicted molar refractivity (Wildman–Crippen MR) is 77.6 cm³/mol. The topological polar surface area (TPSA) is 15.3 Å². The van der Waals surface area contributed by atoms with Gasteiger partial charge in [-0.05, 0) is 38.4 Å². The van der Waals surface area contributed by atoms with Crippen LogP contribution < -0.4 is 5.32 Å². The minimum atomic E-state index is -0.771. The highest BCUT2D eigenvalue weighted by Gasteiger charge is 2.23. The van der Waals surface area contributed by atoms with Gasteiger partial charge in [-0.25, -0.2) is 8.78 Å². The van der Waals surface area contributed by atoms with Crippen LogP contribution in [0.25, 0.3) is 0 Å². The molecule has 0 aromatic heterocycles. The second-order valence-electron chi connectivity index (χ2n) is 5.77. The molecule has 4 heteroatoms. The van der Waals surface area contributed by atoms with Gasteiger partial charge in [-0.3, -0.25) is 0 Å². The Kier molecular flexibility index (Phi) is 5.49. The first kappa shape index (κ1) is 15.4. The molecule has 1 aromatic carbocycles. The second-order valence-corrected chi connectivity index (χ2v) is 5.77. The van der Waals surface area contributed by atoms with E-state index >= 15 is 0 Å². The minimum Gasteiger partial charge on any atom is -0.309 e. The molecule has 2 nitrogen and oxygen atoms in total. The van der Waals surface area contributed by atoms with E-state index in [-0.39, 0.29) is 6.04 Å². The van der Waals surface area contributed by atoms with Crippen molar-refractivity contribution in [3.05, 3.63) is 35.4 Å². The number of nitrogens with zero attached hydrogens (tertiary/aromatic N) is 1. The highest BCUT2D eigenvalue weighted by molar-refractivity contribution is 5.23. The van der Waals surface area contributed by atoms with Crippen molar-refractivity contribution < 1.29 is 8.78 Å². The van der Waals surface area contributed by atoms with Crippen molar-refractivity contribution in [3.8, 4) is 0 Å². The molecule has 1 saturated carbocycles. The Morgan fingerprint density at radius 2 is 2.10 bits per heavy atom. The van der Waals surface area contributed by atoms with Crippen LogP contribution in [0.2, 0.25) is 0 Å². The van der Waals surface area contributed by atoms with Crippen LogP contribution >= 0.6 is 0 Å². The van der Waals surface area contributed by atoms with Crippen LogP contribution in [0.1, 0.15) is 37.8 Å². The summed E-state index contributed by atoms with van der Waals surface area (Å²) in [5.74, 6) is -0.720. The third kappa shape index (κ3) is 3.76. The minimum absolute atomic E-state index is 0.166. The van der Waals surface area contributed by atoms with Gasteiger partial charge in [0.05, 0.1) is 0 Å². The van der Waals surface area contributed by atoms with Crippen LogP contribution in [0.15, 0.2) is 18.2 Å². The average Bonchev–Trinajstić information content (AvgIpc) is 2.37. The summed E-state index contributed by atoms with van der Waals surface area (Å²) in [5.41, 5.74) is 0.423. The number of hydrogen-bond acceptors (Lipinski definition) is 2. The van der Waals surface area contributed by atoms with E-state index < -0.39 is 11.6 Å². The molecule has 0 bridgehead atoms. The number of hydrogen-bond donors (Lipinski definition) is 1. The summed E-state index contributed by atoms with van der Waals surface area (Å²) in [4.78, 5) is 2.22. The molecule has 1 aliphatic rings. The summed E-state index contributed by atoms with van der Waals surface area (Å²) in [6, 6.07) is 4.24. The molecule has 0 amide bonds. The SMILES string of the molecule is CCNC(CN(C)CC1CCC1)c1cccc(F)c1F. The van der Waals surface area contributed by atoms with Crippen molar-refractivity contribution in [1.82, 2.24) is 10.2 Å². The maximum Gasteiger partial charge on any atom is 0.163 e. The van der Waals surface area contributed by atoms with Crippen molar-refractivity contribution >= 4 is 0 Å². The van der Waals surface area contributed by atoms with Crippen LogP contribution in [0.3, 0.4) is 0 Å². The molecule has 0 saturated heterocycles. The Bertz CT molecular complexity index is 432. The lowest BCUT2D eigenvalue weighted by atomic mass is 9.85. The van der Waals surface area contributed by atoms with E-state index in [9.17, 15) is 8.78 Å². The zero-order valence-corrected chi connectivity index (χ0v) is 12.3. The van der Waals surface area contributed by atoms with Gasteiger partial charge >= 0.3 is 0 Å². The molecule has 0 aliphatic heterocycles. The monoisotopic (exact) mass is 282 g/mol. The Hall–Kier alpha value is -1.00. The lowest BCUT2D eigenvalue weighted by molar-refractivity contribution is 0.191. The van der Waals surface area contributed by atoms with E-state index in [0.717, 1.165) is 19.0 Å². The smallest absolute Gasteiger partial charge is 0.163 e. The van der Waals surface area contributed by atoms with E-state index in [4.69, 9.17) is 0 Å². The summed E-state index contributed by atoms with van der Waals surface area (Å²) in [6.07, 6.45) is 3.92. The second kappa shape index (κ2) is 7.14. The normalized spacial score (nSPS) is 17.2. The Balaban J connectivity index is 2.03. The fourth-order valence-corrected chi connectivity index (χ4v) is 2.81. The van der Waals surface area contributed by atoms with Gasteiger partial charge < -0.3 is 10.2 Å². The number of likely N-dealkylation sites (N-methyl/N-ethyl adjacent to an activating group) is 2. The molecule has 1 aromatic rings. The van der Waals surface area contributed by atoms with Crippen molar-refractivity contribution in [2.45, 2.75) is 32.2 Å². The first-order valence-corrected chi connectivity index (χ1v) is 7.47. The van der Waals surface area contributed by atoms with Crippen molar-refractivity contribution in [1.29, 1.82) is 0 Å². The molecule has 20 heavy (non-hydrogen) atoms. The van der Waals surface area contributed by atoms with Gasteiger partial charge in [-0.15, -0.1) is 0 Å². The summed E-state index contributed by atoms with van der Waals surface area (Å²) in [7, 11) is 2.06. The molecule has 1 N–H and O–H groups in total. The van der Waals surface area contributed by atoms with E-state index in [1.807, 2.05) is 6.92 Å². The number of halogens is 2. The van der Waals surface area contributed by atoms with Crippen LogP contribution in [0.4, 0.5) is 8.78 Å². The average molecular weight is 282 g/mol. The number of nitrogens with one attached hydrogen (secondary N) is 1. The fourth-order valence-electron chi connectivity index (χ4n) is 2.81. The third-order valence-electron chi connectivity index (χ3n) is 4.10. The maximum absolute atomic E-state index is 13.9. The van der Waals surface area contributed by atoms with Gasteiger partial charge in [0.25, 0.3) is 0 Å². The summed E-state index contributed by atoms with van der Waals surface area (Å²) < 4.78 is 27.3. The predicted octanol–water partition coefficient (Wildman–Crippen LogP) is 3.35. The van der Waals surface area contributed by atoms with Crippen LogP contribution in [-0.2, 0) is 0 Å².